The van der Waals surface area contributed by atoms with Gasteiger partial charge in [-0.1, -0.05) is 0 Å². The summed E-state index contributed by atoms with van der Waals surface area (Å²) in [5.41, 5.74) is 6.43. The largest absolute Gasteiger partial charge is 0.597 e. The Morgan fingerprint density at radius 3 is 2.91 bits per heavy atom. The van der Waals surface area contributed by atoms with Crippen LogP contribution in [0.25, 0.3) is 11.2 Å². The number of anilines is 1. The predicted molar refractivity (Wildman–Crippen MR) is 104 cm³/mol. The Morgan fingerprint density at radius 2 is 2.09 bits per heavy atom. The fourth-order valence-corrected chi connectivity index (χ4v) is 3.60. The highest BCUT2D eigenvalue weighted by molar-refractivity contribution is 5.81. The Hall–Kier alpha value is -3.60. The number of nitrogens with two attached hydrogens (primary N) is 1. The number of aliphatic imine (C=N–C) groups is 1. The van der Waals surface area contributed by atoms with E-state index in [2.05, 4.69) is 25.2 Å². The molecule has 2 aliphatic heterocycles. The lowest BCUT2D eigenvalue weighted by Crippen LogP contribution is -2.62. The third-order valence-corrected chi connectivity index (χ3v) is 5.29. The molecule has 0 radical (unpaired) electrons. The van der Waals surface area contributed by atoms with Crippen molar-refractivity contribution in [2.45, 2.75) is 24.5 Å². The van der Waals surface area contributed by atoms with Crippen LogP contribution in [-0.4, -0.2) is 92.3 Å². The van der Waals surface area contributed by atoms with E-state index in [1.807, 2.05) is 5.01 Å². The van der Waals surface area contributed by atoms with Gasteiger partial charge in [0.05, 0.1) is 43.5 Å². The summed E-state index contributed by atoms with van der Waals surface area (Å²) in [7, 11) is 0. The minimum absolute atomic E-state index is 0.0561. The van der Waals surface area contributed by atoms with E-state index in [1.54, 1.807) is 0 Å². The molecule has 3 aromatic heterocycles. The molecule has 2 saturated heterocycles. The van der Waals surface area contributed by atoms with Crippen molar-refractivity contribution >= 4 is 28.9 Å². The summed E-state index contributed by atoms with van der Waals surface area (Å²) in [5, 5.41) is 38.6. The van der Waals surface area contributed by atoms with Gasteiger partial charge in [-0.3, -0.25) is 9.09 Å². The Labute approximate surface area is 185 Å². The van der Waals surface area contributed by atoms with Gasteiger partial charge in [0.15, 0.2) is 23.8 Å². The first-order chi connectivity index (χ1) is 16.0. The highest BCUT2D eigenvalue weighted by Crippen LogP contribution is 2.32. The SMILES string of the molecule is Nc1ncnc2c1ncn2[C@@H]1O[C@H](CO/C([O-])=N/c2c[n+](N3CCOCC3)no2)[C@@H](O)[C@H]1O. The number of morpholine rings is 1. The summed E-state index contributed by atoms with van der Waals surface area (Å²) in [4.78, 5) is 17.2. The normalized spacial score (nSPS) is 26.2. The molecule has 3 aromatic rings. The zero-order valence-electron chi connectivity index (χ0n) is 17.2. The Balaban J connectivity index is 1.22. The number of aliphatic hydroxyl groups excluding tert-OH is 2. The van der Waals surface area contributed by atoms with Gasteiger partial charge in [-0.2, -0.15) is 4.99 Å². The van der Waals surface area contributed by atoms with E-state index in [0.29, 0.717) is 37.5 Å². The molecular formula is C17H21N9O7. The fraction of sp³-hybridized carbons (Fsp3) is 0.529. The molecule has 4 atom stereocenters. The van der Waals surface area contributed by atoms with E-state index in [1.165, 1.54) is 28.2 Å². The second kappa shape index (κ2) is 8.74. The third-order valence-electron chi connectivity index (χ3n) is 5.29. The maximum atomic E-state index is 12.1. The van der Waals surface area contributed by atoms with Crippen molar-refractivity contribution in [2.24, 2.45) is 4.99 Å². The molecule has 16 nitrogen and oxygen atoms in total. The van der Waals surface area contributed by atoms with Gasteiger partial charge in [0.2, 0.25) is 5.27 Å². The molecule has 0 aromatic carbocycles. The Kier molecular flexibility index (Phi) is 5.63. The minimum atomic E-state index is -1.34. The van der Waals surface area contributed by atoms with E-state index in [9.17, 15) is 15.3 Å². The smallest absolute Gasteiger partial charge is 0.326 e. The van der Waals surface area contributed by atoms with E-state index in [4.69, 9.17) is 24.5 Å². The molecule has 2 aliphatic rings. The molecule has 5 heterocycles. The summed E-state index contributed by atoms with van der Waals surface area (Å²) in [6, 6.07) is 0. The molecule has 0 spiro atoms. The lowest BCUT2D eigenvalue weighted by atomic mass is 10.1. The lowest BCUT2D eigenvalue weighted by Gasteiger charge is -2.20. The number of imidazole rings is 1. The number of fused-ring (bicyclic) bond motifs is 1. The summed E-state index contributed by atoms with van der Waals surface area (Å²) in [6.07, 6.45) is -1.63. The van der Waals surface area contributed by atoms with Crippen molar-refractivity contribution in [2.75, 3.05) is 43.7 Å². The van der Waals surface area contributed by atoms with Crippen LogP contribution in [0.5, 0.6) is 0 Å². The molecular weight excluding hydrogens is 442 g/mol. The number of nitrogen functional groups attached to an aromatic ring is 1. The number of hydrogen-bond donors (Lipinski definition) is 3. The number of ether oxygens (including phenoxy) is 3. The average Bonchev–Trinajstić information content (AvgIpc) is 3.53. The second-order valence-corrected chi connectivity index (χ2v) is 7.34. The van der Waals surface area contributed by atoms with E-state index in [-0.39, 0.29) is 18.3 Å². The van der Waals surface area contributed by atoms with Crippen LogP contribution in [0.15, 0.2) is 28.4 Å². The van der Waals surface area contributed by atoms with Crippen LogP contribution in [0.2, 0.25) is 0 Å². The van der Waals surface area contributed by atoms with Crippen molar-refractivity contribution in [3.05, 3.63) is 18.9 Å². The molecule has 0 aliphatic carbocycles. The number of nitrogens with zero attached hydrogens (tertiary/aromatic N) is 8. The topological polar surface area (TPSA) is 206 Å². The molecule has 0 amide bonds. The first-order valence-electron chi connectivity index (χ1n) is 10.1. The first-order valence-corrected chi connectivity index (χ1v) is 10.1. The number of aliphatic hydroxyl groups is 2. The van der Waals surface area contributed by atoms with Crippen LogP contribution in [-0.2, 0) is 14.2 Å². The van der Waals surface area contributed by atoms with Gasteiger partial charge in [-0.15, -0.1) is 5.01 Å². The molecule has 176 valence electrons. The molecule has 0 bridgehead atoms. The summed E-state index contributed by atoms with van der Waals surface area (Å²) >= 11 is 0. The van der Waals surface area contributed by atoms with Crippen LogP contribution in [0.4, 0.5) is 11.7 Å². The zero-order chi connectivity index (χ0) is 22.9. The maximum absolute atomic E-state index is 12.1. The quantitative estimate of drug-likeness (QED) is 0.190. The van der Waals surface area contributed by atoms with E-state index in [0.717, 1.165) is 0 Å². The zero-order valence-corrected chi connectivity index (χ0v) is 17.2. The summed E-state index contributed by atoms with van der Waals surface area (Å²) < 4.78 is 22.5. The van der Waals surface area contributed by atoms with Gasteiger partial charge in [0.25, 0.3) is 6.20 Å². The third kappa shape index (κ3) is 4.11. The highest BCUT2D eigenvalue weighted by Gasteiger charge is 2.43. The standard InChI is InChI=1S/C17H21N9O7/c18-14-11-15(20-7-19-14)25(8-21-11)16-13(28)12(27)9(32-16)6-31-17(29)22-10-5-26(23-33-10)24-1-3-30-4-2-24/h5,7-9,12-13,16,27-28H,1-4,6H2,(H2-,18,19,20,22,23,29)/t9-,12-,13-,16-/m1/s1. The molecule has 33 heavy (non-hydrogen) atoms. The average molecular weight is 463 g/mol. The van der Waals surface area contributed by atoms with Crippen LogP contribution in [0.3, 0.4) is 0 Å². The van der Waals surface area contributed by atoms with Crippen molar-refractivity contribution < 1.29 is 38.8 Å². The van der Waals surface area contributed by atoms with Gasteiger partial charge in [-0.05, 0) is 0 Å². The Bertz CT molecular complexity index is 1150. The van der Waals surface area contributed by atoms with E-state index < -0.39 is 30.6 Å². The van der Waals surface area contributed by atoms with Gasteiger partial charge in [-0.25, -0.2) is 15.0 Å². The number of hydrogen-bond acceptors (Lipinski definition) is 14. The van der Waals surface area contributed by atoms with Crippen LogP contribution in [0.1, 0.15) is 6.23 Å². The summed E-state index contributed by atoms with van der Waals surface area (Å²) in [6.45, 7) is 1.98. The monoisotopic (exact) mass is 463 g/mol. The van der Waals surface area contributed by atoms with Crippen LogP contribution in [0, 0.1) is 0 Å². The maximum Gasteiger partial charge on any atom is 0.326 e. The first kappa shape index (κ1) is 21.3. The second-order valence-electron chi connectivity index (χ2n) is 7.34. The molecule has 2 fully saturated rings. The fourth-order valence-electron chi connectivity index (χ4n) is 3.60. The van der Waals surface area contributed by atoms with Gasteiger partial charge in [0.1, 0.15) is 24.1 Å². The van der Waals surface area contributed by atoms with Crippen molar-refractivity contribution in [3.63, 3.8) is 0 Å². The molecule has 4 N–H and O–H groups in total. The highest BCUT2D eigenvalue weighted by atomic mass is 16.6. The molecule has 5 rings (SSSR count). The van der Waals surface area contributed by atoms with E-state index >= 15 is 0 Å². The van der Waals surface area contributed by atoms with Gasteiger partial charge in [0, 0.05) is 6.61 Å². The molecule has 0 saturated carbocycles. The number of rotatable bonds is 5. The minimum Gasteiger partial charge on any atom is -0.597 e. The van der Waals surface area contributed by atoms with Gasteiger partial charge < -0.3 is 35.3 Å². The van der Waals surface area contributed by atoms with Crippen molar-refractivity contribution in [1.29, 1.82) is 0 Å². The van der Waals surface area contributed by atoms with Gasteiger partial charge >= 0.3 is 5.88 Å². The van der Waals surface area contributed by atoms with Crippen molar-refractivity contribution in [1.82, 2.24) is 24.8 Å². The Morgan fingerprint density at radius 1 is 1.27 bits per heavy atom. The summed E-state index contributed by atoms with van der Waals surface area (Å²) in [5.74, 6) is 0.112. The lowest BCUT2D eigenvalue weighted by molar-refractivity contribution is -0.759. The van der Waals surface area contributed by atoms with Crippen LogP contribution < -0.4 is 20.6 Å². The molecule has 0 unspecified atom stereocenters. The molecule has 16 heteroatoms. The number of aromatic nitrogens is 6. The van der Waals surface area contributed by atoms with Crippen LogP contribution >= 0.6 is 0 Å². The van der Waals surface area contributed by atoms with Crippen molar-refractivity contribution in [3.8, 4) is 0 Å². The predicted octanol–water partition coefficient (Wildman–Crippen LogP) is -3.66.